The molecule has 2 spiro atoms. The molecule has 0 saturated heterocycles. The van der Waals surface area contributed by atoms with Crippen LogP contribution in [0.2, 0.25) is 0 Å². The summed E-state index contributed by atoms with van der Waals surface area (Å²) in [5, 5.41) is 0. The Labute approximate surface area is 246 Å². The van der Waals surface area contributed by atoms with Gasteiger partial charge in [0, 0.05) is 69.0 Å². The van der Waals surface area contributed by atoms with Crippen LogP contribution in [0.15, 0.2) is 83.8 Å². The quantitative estimate of drug-likeness (QED) is 0.316. The Hall–Kier alpha value is -4.46. The second kappa shape index (κ2) is 10.4. The van der Waals surface area contributed by atoms with E-state index in [0.717, 1.165) is 55.0 Å². The van der Waals surface area contributed by atoms with E-state index in [9.17, 15) is 0 Å². The van der Waals surface area contributed by atoms with Crippen molar-refractivity contribution >= 4 is 11.8 Å². The molecule has 4 heterocycles. The minimum absolute atomic E-state index is 0.0805. The summed E-state index contributed by atoms with van der Waals surface area (Å²) in [6, 6.07) is 12.9. The van der Waals surface area contributed by atoms with Gasteiger partial charge in [-0.1, -0.05) is 36.4 Å². The van der Waals surface area contributed by atoms with Crippen molar-refractivity contribution in [3.63, 3.8) is 0 Å². The third kappa shape index (κ3) is 4.74. The minimum atomic E-state index is -0.0852. The first-order valence-electron chi connectivity index (χ1n) is 14.6. The highest BCUT2D eigenvalue weighted by atomic mass is 16.5. The zero-order chi connectivity index (χ0) is 28.7. The van der Waals surface area contributed by atoms with E-state index in [1.54, 1.807) is 12.7 Å². The third-order valence-corrected chi connectivity index (χ3v) is 9.05. The number of hydrogen-bond acceptors (Lipinski definition) is 8. The normalized spacial score (nSPS) is 25.1. The van der Waals surface area contributed by atoms with Gasteiger partial charge in [0.05, 0.1) is 0 Å². The topological polar surface area (TPSA) is 94.7 Å². The Morgan fingerprint density at radius 1 is 0.714 bits per heavy atom. The fraction of sp³-hybridized carbons (Fsp3) is 0.353. The summed E-state index contributed by atoms with van der Waals surface area (Å²) in [4.78, 5) is 26.1. The lowest BCUT2D eigenvalue weighted by Gasteiger charge is -2.35. The van der Waals surface area contributed by atoms with Crippen LogP contribution < -0.4 is 0 Å². The predicted molar refractivity (Wildman–Crippen MR) is 163 cm³/mol. The molecular formula is C34H34N6O2. The summed E-state index contributed by atoms with van der Waals surface area (Å²) >= 11 is 0. The molecule has 8 rings (SSSR count). The molecule has 0 unspecified atom stereocenters. The molecule has 8 nitrogen and oxygen atoms in total. The van der Waals surface area contributed by atoms with Gasteiger partial charge in [-0.25, -0.2) is 29.9 Å². The highest BCUT2D eigenvalue weighted by Crippen LogP contribution is 2.42. The number of rotatable bonds is 2. The molecule has 0 radical (unpaired) electrons. The molecule has 0 N–H and O–H groups in total. The van der Waals surface area contributed by atoms with Gasteiger partial charge in [0.2, 0.25) is 0 Å². The molecule has 0 fully saturated rings. The van der Waals surface area contributed by atoms with Crippen molar-refractivity contribution in [2.24, 2.45) is 9.98 Å². The van der Waals surface area contributed by atoms with Gasteiger partial charge < -0.3 is 9.47 Å². The van der Waals surface area contributed by atoms with Crippen LogP contribution in [-0.2, 0) is 35.2 Å². The average molecular weight is 559 g/mol. The molecule has 2 aliphatic heterocycles. The van der Waals surface area contributed by atoms with Crippen LogP contribution in [0.4, 0.5) is 0 Å². The summed E-state index contributed by atoms with van der Waals surface area (Å²) in [7, 11) is 0. The zero-order valence-corrected chi connectivity index (χ0v) is 24.2. The first kappa shape index (κ1) is 26.4. The fourth-order valence-electron chi connectivity index (χ4n) is 7.08. The predicted octanol–water partition coefficient (Wildman–Crippen LogP) is 5.64. The number of ether oxygens (including phenoxy) is 2. The van der Waals surface area contributed by atoms with Crippen molar-refractivity contribution in [3.8, 4) is 22.3 Å². The summed E-state index contributed by atoms with van der Waals surface area (Å²) in [6.07, 6.45) is 15.7. The molecule has 4 aliphatic rings. The van der Waals surface area contributed by atoms with Crippen LogP contribution in [0.5, 0.6) is 0 Å². The van der Waals surface area contributed by atoms with Crippen LogP contribution in [-0.4, -0.2) is 55.5 Å². The number of hydrogen-bond donors (Lipinski definition) is 0. The van der Waals surface area contributed by atoms with Crippen LogP contribution in [0.1, 0.15) is 49.4 Å². The number of aliphatic imine (C=N–C) groups is 2. The average Bonchev–Trinajstić information content (AvgIpc) is 3.66. The van der Waals surface area contributed by atoms with Crippen molar-refractivity contribution in [1.82, 2.24) is 19.9 Å². The van der Waals surface area contributed by atoms with Crippen molar-refractivity contribution in [2.75, 3.05) is 6.61 Å². The third-order valence-electron chi connectivity index (χ3n) is 9.05. The van der Waals surface area contributed by atoms with Crippen molar-refractivity contribution in [1.29, 1.82) is 0 Å². The van der Waals surface area contributed by atoms with Crippen LogP contribution in [0.25, 0.3) is 22.3 Å². The monoisotopic (exact) mass is 558 g/mol. The smallest absolute Gasteiger partial charge is 0.181 e. The molecule has 2 aromatic heterocycles. The van der Waals surface area contributed by atoms with E-state index < -0.39 is 0 Å². The molecule has 8 heteroatoms. The van der Waals surface area contributed by atoms with Crippen LogP contribution >= 0.6 is 0 Å². The largest absolute Gasteiger partial charge is 0.479 e. The van der Waals surface area contributed by atoms with Gasteiger partial charge in [-0.3, -0.25) is 0 Å². The number of fused-ring (bicyclic) bond motifs is 2. The summed E-state index contributed by atoms with van der Waals surface area (Å²) < 4.78 is 11.4. The highest BCUT2D eigenvalue weighted by Gasteiger charge is 2.45. The van der Waals surface area contributed by atoms with Gasteiger partial charge in [-0.05, 0) is 53.1 Å². The minimum Gasteiger partial charge on any atom is -0.479 e. The summed E-state index contributed by atoms with van der Waals surface area (Å²) in [5.74, 6) is 1.63. The molecule has 0 bridgehead atoms. The van der Waals surface area contributed by atoms with E-state index in [1.165, 1.54) is 33.4 Å². The second-order valence-corrected chi connectivity index (χ2v) is 11.8. The van der Waals surface area contributed by atoms with Gasteiger partial charge in [0.15, 0.2) is 11.8 Å². The molecule has 42 heavy (non-hydrogen) atoms. The van der Waals surface area contributed by atoms with Crippen molar-refractivity contribution < 1.29 is 9.47 Å². The lowest BCUT2D eigenvalue weighted by Crippen LogP contribution is -2.41. The van der Waals surface area contributed by atoms with Gasteiger partial charge in [-0.15, -0.1) is 0 Å². The number of aromatic nitrogens is 4. The molecule has 0 amide bonds. The summed E-state index contributed by atoms with van der Waals surface area (Å²) in [6.45, 7) is 6.72. The van der Waals surface area contributed by atoms with Gasteiger partial charge >= 0.3 is 0 Å². The van der Waals surface area contributed by atoms with Crippen molar-refractivity contribution in [2.45, 2.75) is 70.1 Å². The molecule has 212 valence electrons. The van der Waals surface area contributed by atoms with Gasteiger partial charge in [0.1, 0.15) is 36.4 Å². The SMILES string of the molecule is CC1=N[C@@]2(CO1)Cc1cccc(-c3cncnc3)c1C2.CC1=N[C@]2(CCc3c(cccc3-c3cncnc3)C2)[C@H](C)O1. The van der Waals surface area contributed by atoms with E-state index in [-0.39, 0.29) is 17.2 Å². The molecule has 2 aromatic carbocycles. The fourth-order valence-corrected chi connectivity index (χ4v) is 7.08. The van der Waals surface area contributed by atoms with E-state index in [4.69, 9.17) is 19.5 Å². The molecule has 3 atom stereocenters. The Kier molecular flexibility index (Phi) is 6.56. The van der Waals surface area contributed by atoms with Crippen LogP contribution in [0.3, 0.4) is 0 Å². The van der Waals surface area contributed by atoms with E-state index in [0.29, 0.717) is 6.61 Å². The lowest BCUT2D eigenvalue weighted by molar-refractivity contribution is 0.141. The lowest BCUT2D eigenvalue weighted by atomic mass is 9.74. The van der Waals surface area contributed by atoms with Crippen molar-refractivity contribution in [3.05, 3.63) is 96.1 Å². The first-order valence-corrected chi connectivity index (χ1v) is 14.6. The maximum Gasteiger partial charge on any atom is 0.181 e. The highest BCUT2D eigenvalue weighted by molar-refractivity contribution is 5.77. The number of benzene rings is 2. The summed E-state index contributed by atoms with van der Waals surface area (Å²) in [5.41, 5.74) is 9.99. The maximum absolute atomic E-state index is 5.81. The zero-order valence-electron chi connectivity index (χ0n) is 24.2. The Balaban J connectivity index is 0.000000138. The molecule has 4 aromatic rings. The molecular weight excluding hydrogens is 524 g/mol. The Morgan fingerprint density at radius 3 is 1.90 bits per heavy atom. The Morgan fingerprint density at radius 2 is 1.33 bits per heavy atom. The number of nitrogens with zero attached hydrogens (tertiary/aromatic N) is 6. The van der Waals surface area contributed by atoms with Gasteiger partial charge in [0.25, 0.3) is 0 Å². The van der Waals surface area contributed by atoms with Crippen LogP contribution in [0, 0.1) is 0 Å². The van der Waals surface area contributed by atoms with E-state index in [2.05, 4.69) is 63.3 Å². The van der Waals surface area contributed by atoms with Gasteiger partial charge in [-0.2, -0.15) is 0 Å². The van der Waals surface area contributed by atoms with E-state index >= 15 is 0 Å². The van der Waals surface area contributed by atoms with E-state index in [1.807, 2.05) is 38.6 Å². The second-order valence-electron chi connectivity index (χ2n) is 11.8. The Bertz CT molecular complexity index is 1690. The first-order chi connectivity index (χ1) is 20.4. The standard InChI is InChI=1S/C18H19N3O.C16H15N3O/c1-12-18(21-13(2)22-12)7-6-17-14(8-18)4-3-5-16(17)15-9-19-11-20-10-15;1-11-19-16(9-20-11)5-12-3-2-4-14(15(12)6-16)13-7-17-10-18-8-13/h3-5,9-12H,6-8H2,1-2H3;2-4,7-8,10H,5-6,9H2,1H3/t12-,18-;16-/m00/s1. The molecule has 0 saturated carbocycles. The maximum atomic E-state index is 5.81. The molecule has 2 aliphatic carbocycles.